The lowest BCUT2D eigenvalue weighted by Crippen LogP contribution is -2.30. The molecule has 0 aromatic carbocycles. The Morgan fingerprint density at radius 3 is 2.73 bits per heavy atom. The molecule has 1 aromatic rings. The Hall–Kier alpha value is -0.600. The summed E-state index contributed by atoms with van der Waals surface area (Å²) in [6.45, 7) is 8.72. The van der Waals surface area contributed by atoms with Gasteiger partial charge in [0.15, 0.2) is 0 Å². The minimum Gasteiger partial charge on any atom is -0.297 e. The van der Waals surface area contributed by atoms with Crippen molar-refractivity contribution in [3.8, 4) is 0 Å². The highest BCUT2D eigenvalue weighted by Gasteiger charge is 2.08. The van der Waals surface area contributed by atoms with Crippen molar-refractivity contribution < 1.29 is 0 Å². The van der Waals surface area contributed by atoms with E-state index in [2.05, 4.69) is 30.7 Å². The molecular weight excluding hydrogens is 208 g/mol. The van der Waals surface area contributed by atoms with Crippen molar-refractivity contribution in [2.75, 3.05) is 6.54 Å². The molecular formula is C12H19ClN2. The highest BCUT2D eigenvalue weighted by Crippen LogP contribution is 2.12. The van der Waals surface area contributed by atoms with Crippen LogP contribution in [0.4, 0.5) is 0 Å². The Labute approximate surface area is 97.3 Å². The van der Waals surface area contributed by atoms with Crippen molar-refractivity contribution in [1.82, 2.24) is 9.88 Å². The van der Waals surface area contributed by atoms with Gasteiger partial charge < -0.3 is 0 Å². The fourth-order valence-corrected chi connectivity index (χ4v) is 1.78. The Bertz CT molecular complexity index is 299. The van der Waals surface area contributed by atoms with Crippen molar-refractivity contribution in [2.45, 2.75) is 39.8 Å². The molecule has 0 atom stereocenters. The zero-order chi connectivity index (χ0) is 11.3. The van der Waals surface area contributed by atoms with E-state index in [-0.39, 0.29) is 0 Å². The van der Waals surface area contributed by atoms with E-state index in [4.69, 9.17) is 11.6 Å². The molecule has 1 aromatic heterocycles. The van der Waals surface area contributed by atoms with Crippen LogP contribution in [-0.4, -0.2) is 22.5 Å². The lowest BCUT2D eigenvalue weighted by atomic mass is 10.2. The first-order chi connectivity index (χ1) is 7.13. The van der Waals surface area contributed by atoms with Gasteiger partial charge in [-0.15, -0.1) is 0 Å². The predicted octanol–water partition coefficient (Wildman–Crippen LogP) is 3.36. The number of halogens is 1. The molecule has 3 heteroatoms. The number of hydrogen-bond acceptors (Lipinski definition) is 2. The summed E-state index contributed by atoms with van der Waals surface area (Å²) in [5.41, 5.74) is 1.23. The molecule has 0 saturated carbocycles. The van der Waals surface area contributed by atoms with Crippen molar-refractivity contribution in [3.63, 3.8) is 0 Å². The fraction of sp³-hybridized carbons (Fsp3) is 0.583. The molecule has 0 fully saturated rings. The molecule has 1 rings (SSSR count). The second-order valence-electron chi connectivity index (χ2n) is 4.05. The molecule has 0 amide bonds. The quantitative estimate of drug-likeness (QED) is 0.716. The standard InChI is InChI=1S/C12H19ClN2/c1-4-7-15(10(2)3)9-11-5-6-14-12(13)8-11/h5-6,8,10H,4,7,9H2,1-3H3. The fourth-order valence-electron chi connectivity index (χ4n) is 1.58. The highest BCUT2D eigenvalue weighted by molar-refractivity contribution is 6.29. The van der Waals surface area contributed by atoms with E-state index in [0.717, 1.165) is 13.1 Å². The SMILES string of the molecule is CCCN(Cc1ccnc(Cl)c1)C(C)C. The number of hydrogen-bond donors (Lipinski definition) is 0. The second kappa shape index (κ2) is 6.09. The molecule has 0 aliphatic rings. The molecule has 0 saturated heterocycles. The number of nitrogens with zero attached hydrogens (tertiary/aromatic N) is 2. The molecule has 0 aliphatic heterocycles. The Morgan fingerprint density at radius 2 is 2.20 bits per heavy atom. The van der Waals surface area contributed by atoms with Crippen molar-refractivity contribution >= 4 is 11.6 Å². The van der Waals surface area contributed by atoms with Crippen LogP contribution < -0.4 is 0 Å². The molecule has 0 unspecified atom stereocenters. The normalized spacial score (nSPS) is 11.3. The second-order valence-corrected chi connectivity index (χ2v) is 4.44. The monoisotopic (exact) mass is 226 g/mol. The summed E-state index contributed by atoms with van der Waals surface area (Å²) in [7, 11) is 0. The Balaban J connectivity index is 2.65. The van der Waals surface area contributed by atoms with Gasteiger partial charge in [-0.2, -0.15) is 0 Å². The maximum atomic E-state index is 5.86. The van der Waals surface area contributed by atoms with Gasteiger partial charge in [0, 0.05) is 18.8 Å². The zero-order valence-corrected chi connectivity index (χ0v) is 10.5. The number of aromatic nitrogens is 1. The van der Waals surface area contributed by atoms with Crippen molar-refractivity contribution in [1.29, 1.82) is 0 Å². The first-order valence-corrected chi connectivity index (χ1v) is 5.85. The van der Waals surface area contributed by atoms with Crippen LogP contribution in [0.5, 0.6) is 0 Å². The Morgan fingerprint density at radius 1 is 1.47 bits per heavy atom. The smallest absolute Gasteiger partial charge is 0.129 e. The number of rotatable bonds is 5. The first-order valence-electron chi connectivity index (χ1n) is 5.48. The molecule has 0 bridgehead atoms. The lowest BCUT2D eigenvalue weighted by molar-refractivity contribution is 0.213. The van der Waals surface area contributed by atoms with Gasteiger partial charge >= 0.3 is 0 Å². The van der Waals surface area contributed by atoms with Gasteiger partial charge in [0.05, 0.1) is 0 Å². The number of pyridine rings is 1. The van der Waals surface area contributed by atoms with Crippen LogP contribution >= 0.6 is 11.6 Å². The summed E-state index contributed by atoms with van der Waals surface area (Å²) in [4.78, 5) is 6.42. The van der Waals surface area contributed by atoms with E-state index in [1.54, 1.807) is 6.20 Å². The molecule has 0 aliphatic carbocycles. The van der Waals surface area contributed by atoms with Crippen LogP contribution in [-0.2, 0) is 6.54 Å². The van der Waals surface area contributed by atoms with Crippen LogP contribution in [0, 0.1) is 0 Å². The predicted molar refractivity (Wildman–Crippen MR) is 65.1 cm³/mol. The van der Waals surface area contributed by atoms with Crippen molar-refractivity contribution in [3.05, 3.63) is 29.0 Å². The molecule has 1 heterocycles. The van der Waals surface area contributed by atoms with Gasteiger partial charge in [-0.25, -0.2) is 4.98 Å². The maximum Gasteiger partial charge on any atom is 0.129 e. The summed E-state index contributed by atoms with van der Waals surface area (Å²) in [6, 6.07) is 4.53. The average Bonchev–Trinajstić information content (AvgIpc) is 2.17. The lowest BCUT2D eigenvalue weighted by Gasteiger charge is -2.25. The minimum absolute atomic E-state index is 0.567. The van der Waals surface area contributed by atoms with Gasteiger partial charge in [0.25, 0.3) is 0 Å². The van der Waals surface area contributed by atoms with Gasteiger partial charge in [-0.1, -0.05) is 18.5 Å². The molecule has 84 valence electrons. The van der Waals surface area contributed by atoms with Crippen molar-refractivity contribution in [2.24, 2.45) is 0 Å². The van der Waals surface area contributed by atoms with E-state index in [1.807, 2.05) is 12.1 Å². The van der Waals surface area contributed by atoms with Crippen LogP contribution in [0.2, 0.25) is 5.15 Å². The van der Waals surface area contributed by atoms with E-state index in [1.165, 1.54) is 12.0 Å². The molecule has 2 nitrogen and oxygen atoms in total. The van der Waals surface area contributed by atoms with Gasteiger partial charge in [-0.3, -0.25) is 4.90 Å². The van der Waals surface area contributed by atoms with E-state index >= 15 is 0 Å². The first kappa shape index (κ1) is 12.5. The topological polar surface area (TPSA) is 16.1 Å². The summed E-state index contributed by atoms with van der Waals surface area (Å²) in [6.07, 6.45) is 2.94. The van der Waals surface area contributed by atoms with Crippen LogP contribution in [0.15, 0.2) is 18.3 Å². The third-order valence-electron chi connectivity index (χ3n) is 2.42. The highest BCUT2D eigenvalue weighted by atomic mass is 35.5. The third kappa shape index (κ3) is 4.18. The molecule has 15 heavy (non-hydrogen) atoms. The summed E-state index contributed by atoms with van der Waals surface area (Å²) >= 11 is 5.86. The molecule has 0 spiro atoms. The molecule has 0 N–H and O–H groups in total. The maximum absolute atomic E-state index is 5.86. The van der Waals surface area contributed by atoms with Crippen LogP contribution in [0.3, 0.4) is 0 Å². The van der Waals surface area contributed by atoms with E-state index < -0.39 is 0 Å². The zero-order valence-electron chi connectivity index (χ0n) is 9.70. The van der Waals surface area contributed by atoms with Gasteiger partial charge in [0.1, 0.15) is 5.15 Å². The largest absolute Gasteiger partial charge is 0.297 e. The van der Waals surface area contributed by atoms with Gasteiger partial charge in [-0.05, 0) is 44.5 Å². The minimum atomic E-state index is 0.567. The van der Waals surface area contributed by atoms with Crippen LogP contribution in [0.1, 0.15) is 32.8 Å². The van der Waals surface area contributed by atoms with E-state index in [0.29, 0.717) is 11.2 Å². The average molecular weight is 227 g/mol. The summed E-state index contributed by atoms with van der Waals surface area (Å²) in [5, 5.41) is 0.577. The van der Waals surface area contributed by atoms with Gasteiger partial charge in [0.2, 0.25) is 0 Å². The third-order valence-corrected chi connectivity index (χ3v) is 2.62. The van der Waals surface area contributed by atoms with Crippen LogP contribution in [0.25, 0.3) is 0 Å². The Kier molecular flexibility index (Phi) is 5.06. The summed E-state index contributed by atoms with van der Waals surface area (Å²) in [5.74, 6) is 0. The summed E-state index contributed by atoms with van der Waals surface area (Å²) < 4.78 is 0. The van der Waals surface area contributed by atoms with E-state index in [9.17, 15) is 0 Å². The molecule has 0 radical (unpaired) electrons.